The van der Waals surface area contributed by atoms with Crippen LogP contribution in [0.15, 0.2) is 66.7 Å². The molecule has 0 bridgehead atoms. The standard InChI is InChI=1S/C25H23N3O3/c1-16-8-11-18(12-9-16)25(29)28-21(24-26-19-6-4-5-7-20(19)27-24)14-17-10-13-22(30-2)23(15-17)31-3/h4-15H,1-3H3,(H,26,27)(H,28,29)/b21-14+. The molecule has 4 rings (SSSR count). The minimum atomic E-state index is -0.216. The van der Waals surface area contributed by atoms with Gasteiger partial charge in [-0.1, -0.05) is 35.9 Å². The number of carbonyl (C=O) groups excluding carboxylic acids is 1. The lowest BCUT2D eigenvalue weighted by molar-refractivity contribution is 0.0973. The molecule has 0 aliphatic rings. The quantitative estimate of drug-likeness (QED) is 0.475. The Kier molecular flexibility index (Phi) is 5.71. The predicted molar refractivity (Wildman–Crippen MR) is 122 cm³/mol. The molecule has 0 saturated carbocycles. The zero-order valence-corrected chi connectivity index (χ0v) is 17.6. The number of aryl methyl sites for hydroxylation is 1. The van der Waals surface area contributed by atoms with Crippen molar-refractivity contribution in [2.24, 2.45) is 0 Å². The SMILES string of the molecule is COc1ccc(/C=C(/NC(=O)c2ccc(C)cc2)c2nc3ccccc3[nH]2)cc1OC. The first-order valence-corrected chi connectivity index (χ1v) is 9.84. The number of carbonyl (C=O) groups is 1. The number of imidazole rings is 1. The fourth-order valence-corrected chi connectivity index (χ4v) is 3.25. The highest BCUT2D eigenvalue weighted by Gasteiger charge is 2.14. The topological polar surface area (TPSA) is 76.2 Å². The molecule has 4 aromatic rings. The van der Waals surface area contributed by atoms with Crippen molar-refractivity contribution in [2.75, 3.05) is 14.2 Å². The Morgan fingerprint density at radius 1 is 0.968 bits per heavy atom. The van der Waals surface area contributed by atoms with Crippen LogP contribution in [-0.4, -0.2) is 30.1 Å². The van der Waals surface area contributed by atoms with E-state index in [0.717, 1.165) is 22.2 Å². The zero-order chi connectivity index (χ0) is 21.8. The van der Waals surface area contributed by atoms with Gasteiger partial charge < -0.3 is 19.8 Å². The van der Waals surface area contributed by atoms with E-state index in [1.807, 2.05) is 67.6 Å². The number of fused-ring (bicyclic) bond motifs is 1. The van der Waals surface area contributed by atoms with Gasteiger partial charge in [-0.25, -0.2) is 4.98 Å². The summed E-state index contributed by atoms with van der Waals surface area (Å²) in [5, 5.41) is 3.00. The number of aromatic nitrogens is 2. The number of H-pyrrole nitrogens is 1. The van der Waals surface area contributed by atoms with E-state index < -0.39 is 0 Å². The molecule has 1 aromatic heterocycles. The van der Waals surface area contributed by atoms with Crippen LogP contribution in [0.4, 0.5) is 0 Å². The molecule has 0 radical (unpaired) electrons. The first-order valence-electron chi connectivity index (χ1n) is 9.84. The number of rotatable bonds is 6. The monoisotopic (exact) mass is 413 g/mol. The molecule has 6 heteroatoms. The van der Waals surface area contributed by atoms with Crippen molar-refractivity contribution in [3.05, 3.63) is 89.2 Å². The molecule has 0 saturated heterocycles. The molecule has 0 spiro atoms. The average molecular weight is 413 g/mol. The summed E-state index contributed by atoms with van der Waals surface area (Å²) < 4.78 is 10.7. The molecule has 0 atom stereocenters. The van der Waals surface area contributed by atoms with Gasteiger partial charge in [0.05, 0.1) is 31.0 Å². The number of nitrogens with zero attached hydrogens (tertiary/aromatic N) is 1. The molecular formula is C25H23N3O3. The summed E-state index contributed by atoms with van der Waals surface area (Å²) >= 11 is 0. The lowest BCUT2D eigenvalue weighted by Crippen LogP contribution is -2.22. The van der Waals surface area contributed by atoms with Gasteiger partial charge in [-0.3, -0.25) is 4.79 Å². The maximum Gasteiger partial charge on any atom is 0.255 e. The van der Waals surface area contributed by atoms with E-state index in [2.05, 4.69) is 15.3 Å². The van der Waals surface area contributed by atoms with Crippen LogP contribution in [0.1, 0.15) is 27.3 Å². The van der Waals surface area contributed by atoms with Gasteiger partial charge in [-0.05, 0) is 55.0 Å². The second-order valence-corrected chi connectivity index (χ2v) is 7.10. The molecule has 0 unspecified atom stereocenters. The predicted octanol–water partition coefficient (Wildman–Crippen LogP) is 4.82. The van der Waals surface area contributed by atoms with Crippen LogP contribution in [0.2, 0.25) is 0 Å². The molecule has 0 fully saturated rings. The number of ether oxygens (including phenoxy) is 2. The Bertz CT molecular complexity index is 1220. The highest BCUT2D eigenvalue weighted by Crippen LogP contribution is 2.29. The van der Waals surface area contributed by atoms with E-state index in [0.29, 0.717) is 28.6 Å². The number of amides is 1. The van der Waals surface area contributed by atoms with Gasteiger partial charge in [0, 0.05) is 5.56 Å². The number of para-hydroxylation sites is 2. The minimum absolute atomic E-state index is 0.216. The van der Waals surface area contributed by atoms with Crippen molar-refractivity contribution in [3.63, 3.8) is 0 Å². The largest absolute Gasteiger partial charge is 0.493 e. The van der Waals surface area contributed by atoms with E-state index >= 15 is 0 Å². The van der Waals surface area contributed by atoms with Crippen LogP contribution in [0, 0.1) is 6.92 Å². The van der Waals surface area contributed by atoms with E-state index in [9.17, 15) is 4.79 Å². The summed E-state index contributed by atoms with van der Waals surface area (Å²) in [7, 11) is 3.18. The number of methoxy groups -OCH3 is 2. The second-order valence-electron chi connectivity index (χ2n) is 7.10. The van der Waals surface area contributed by atoms with E-state index in [1.54, 1.807) is 26.4 Å². The van der Waals surface area contributed by atoms with Crippen LogP contribution < -0.4 is 14.8 Å². The fourth-order valence-electron chi connectivity index (χ4n) is 3.25. The molecule has 3 aromatic carbocycles. The minimum Gasteiger partial charge on any atom is -0.493 e. The highest BCUT2D eigenvalue weighted by atomic mass is 16.5. The van der Waals surface area contributed by atoms with Crippen molar-refractivity contribution in [3.8, 4) is 11.5 Å². The van der Waals surface area contributed by atoms with E-state index in [4.69, 9.17) is 9.47 Å². The maximum absolute atomic E-state index is 12.9. The molecule has 1 heterocycles. The van der Waals surface area contributed by atoms with Crippen molar-refractivity contribution < 1.29 is 14.3 Å². The van der Waals surface area contributed by atoms with Crippen LogP contribution in [0.25, 0.3) is 22.8 Å². The first kappa shape index (κ1) is 20.2. The number of hydrogen-bond donors (Lipinski definition) is 2. The van der Waals surface area contributed by atoms with Crippen LogP contribution in [0.3, 0.4) is 0 Å². The molecule has 0 aliphatic heterocycles. The van der Waals surface area contributed by atoms with Crippen molar-refractivity contribution in [1.29, 1.82) is 0 Å². The van der Waals surface area contributed by atoms with E-state index in [-0.39, 0.29) is 5.91 Å². The average Bonchev–Trinajstić information content (AvgIpc) is 3.23. The third kappa shape index (κ3) is 4.43. The number of hydrogen-bond acceptors (Lipinski definition) is 4. The fraction of sp³-hybridized carbons (Fsp3) is 0.120. The number of nitrogens with one attached hydrogen (secondary N) is 2. The molecule has 6 nitrogen and oxygen atoms in total. The van der Waals surface area contributed by atoms with Gasteiger partial charge in [0.15, 0.2) is 17.3 Å². The third-order valence-corrected chi connectivity index (χ3v) is 4.93. The van der Waals surface area contributed by atoms with Crippen molar-refractivity contribution in [1.82, 2.24) is 15.3 Å². The molecule has 2 N–H and O–H groups in total. The smallest absolute Gasteiger partial charge is 0.255 e. The summed E-state index contributed by atoms with van der Waals surface area (Å²) in [6.07, 6.45) is 1.85. The Morgan fingerprint density at radius 2 is 1.71 bits per heavy atom. The molecule has 156 valence electrons. The van der Waals surface area contributed by atoms with Crippen LogP contribution >= 0.6 is 0 Å². The second kappa shape index (κ2) is 8.75. The van der Waals surface area contributed by atoms with Gasteiger partial charge in [-0.15, -0.1) is 0 Å². The maximum atomic E-state index is 12.9. The van der Waals surface area contributed by atoms with Crippen LogP contribution in [0.5, 0.6) is 11.5 Å². The van der Waals surface area contributed by atoms with Gasteiger partial charge in [0.2, 0.25) is 0 Å². The highest BCUT2D eigenvalue weighted by molar-refractivity contribution is 6.01. The molecule has 1 amide bonds. The normalized spacial score (nSPS) is 11.4. The van der Waals surface area contributed by atoms with Gasteiger partial charge >= 0.3 is 0 Å². The van der Waals surface area contributed by atoms with Gasteiger partial charge in [-0.2, -0.15) is 0 Å². The lowest BCUT2D eigenvalue weighted by atomic mass is 10.1. The Hall–Kier alpha value is -4.06. The Morgan fingerprint density at radius 3 is 2.42 bits per heavy atom. The first-order chi connectivity index (χ1) is 15.1. The lowest BCUT2D eigenvalue weighted by Gasteiger charge is -2.11. The number of aromatic amines is 1. The van der Waals surface area contributed by atoms with Crippen LogP contribution in [-0.2, 0) is 0 Å². The summed E-state index contributed by atoms with van der Waals surface area (Å²) in [6, 6.07) is 20.7. The third-order valence-electron chi connectivity index (χ3n) is 4.93. The molecular weight excluding hydrogens is 390 g/mol. The van der Waals surface area contributed by atoms with Crippen molar-refractivity contribution >= 4 is 28.7 Å². The molecule has 0 aliphatic carbocycles. The van der Waals surface area contributed by atoms with Gasteiger partial charge in [0.25, 0.3) is 5.91 Å². The molecule has 31 heavy (non-hydrogen) atoms. The zero-order valence-electron chi connectivity index (χ0n) is 17.6. The summed E-state index contributed by atoms with van der Waals surface area (Å²) in [5.41, 5.74) is 4.75. The Labute approximate surface area is 180 Å². The van der Waals surface area contributed by atoms with E-state index in [1.165, 1.54) is 0 Å². The summed E-state index contributed by atoms with van der Waals surface area (Å²) in [6.45, 7) is 1.98. The summed E-state index contributed by atoms with van der Waals surface area (Å²) in [4.78, 5) is 20.9. The summed E-state index contributed by atoms with van der Waals surface area (Å²) in [5.74, 6) is 1.59. The van der Waals surface area contributed by atoms with Crippen molar-refractivity contribution in [2.45, 2.75) is 6.92 Å². The Balaban J connectivity index is 1.75. The van der Waals surface area contributed by atoms with Gasteiger partial charge in [0.1, 0.15) is 0 Å². The number of benzene rings is 3.